The van der Waals surface area contributed by atoms with Gasteiger partial charge in [-0.15, -0.1) is 0 Å². The van der Waals surface area contributed by atoms with Gasteiger partial charge in [0.15, 0.2) is 6.29 Å². The van der Waals surface area contributed by atoms with Crippen LogP contribution in [0.2, 0.25) is 0 Å². The minimum absolute atomic E-state index is 0.162. The van der Waals surface area contributed by atoms with Crippen LogP contribution in [-0.2, 0) is 4.74 Å². The summed E-state index contributed by atoms with van der Waals surface area (Å²) in [7, 11) is 0. The van der Waals surface area contributed by atoms with E-state index in [1.165, 1.54) is 32.1 Å². The van der Waals surface area contributed by atoms with Crippen LogP contribution in [0, 0.1) is 23.2 Å². The summed E-state index contributed by atoms with van der Waals surface area (Å²) in [4.78, 5) is 2.20. The molecule has 6 atom stereocenters. The minimum atomic E-state index is -0.735. The largest absolute Gasteiger partial charge is 0.364 e. The first kappa shape index (κ1) is 16.7. The van der Waals surface area contributed by atoms with Crippen LogP contribution in [0.3, 0.4) is 0 Å². The van der Waals surface area contributed by atoms with Crippen molar-refractivity contribution in [2.24, 2.45) is 23.2 Å². The lowest BCUT2D eigenvalue weighted by Gasteiger charge is -2.44. The van der Waals surface area contributed by atoms with Crippen molar-refractivity contribution in [1.82, 2.24) is 0 Å². The summed E-state index contributed by atoms with van der Waals surface area (Å²) in [6.07, 6.45) is 7.93. The van der Waals surface area contributed by atoms with Gasteiger partial charge in [0.05, 0.1) is 6.10 Å². The van der Waals surface area contributed by atoms with Gasteiger partial charge in [-0.1, -0.05) is 41.9 Å². The van der Waals surface area contributed by atoms with E-state index >= 15 is 0 Å². The summed E-state index contributed by atoms with van der Waals surface area (Å²) in [6, 6.07) is 0. The topological polar surface area (TPSA) is 29.5 Å². The van der Waals surface area contributed by atoms with Gasteiger partial charge in [0.25, 0.3) is 0 Å². The highest BCUT2D eigenvalue weighted by atomic mass is 79.9. The van der Waals surface area contributed by atoms with Crippen LogP contribution < -0.4 is 0 Å². The summed E-state index contributed by atoms with van der Waals surface area (Å²) in [5.41, 5.74) is 2.92. The molecule has 1 saturated heterocycles. The number of fused-ring (bicyclic) bond motifs is 1. The maximum Gasteiger partial charge on any atom is 0.177 e. The van der Waals surface area contributed by atoms with Crippen LogP contribution in [0.1, 0.15) is 58.8 Å². The summed E-state index contributed by atoms with van der Waals surface area (Å²) in [5, 5.41) is 9.72. The second-order valence-electron chi connectivity index (χ2n) is 7.97. The molecule has 22 heavy (non-hydrogen) atoms. The third kappa shape index (κ3) is 2.85. The van der Waals surface area contributed by atoms with E-state index in [0.717, 1.165) is 30.3 Å². The van der Waals surface area contributed by atoms with Crippen molar-refractivity contribution in [3.63, 3.8) is 0 Å². The zero-order chi connectivity index (χ0) is 15.9. The number of ether oxygens (including phenoxy) is 1. The quantitative estimate of drug-likeness (QED) is 0.696. The third-order valence-corrected chi connectivity index (χ3v) is 7.25. The summed E-state index contributed by atoms with van der Waals surface area (Å²) >= 11 is 3.59. The second kappa shape index (κ2) is 6.41. The molecule has 124 valence electrons. The zero-order valence-electron chi connectivity index (χ0n) is 13.9. The fourth-order valence-corrected chi connectivity index (χ4v) is 6.13. The average Bonchev–Trinajstić information content (AvgIpc) is 2.98. The van der Waals surface area contributed by atoms with Crippen LogP contribution in [0.15, 0.2) is 22.7 Å². The van der Waals surface area contributed by atoms with Crippen molar-refractivity contribution in [3.05, 3.63) is 22.7 Å². The predicted octanol–water partition coefficient (Wildman–Crippen LogP) is 5.17. The van der Waals surface area contributed by atoms with E-state index in [-0.39, 0.29) is 6.10 Å². The van der Waals surface area contributed by atoms with Crippen molar-refractivity contribution in [3.8, 4) is 0 Å². The molecule has 2 saturated carbocycles. The minimum Gasteiger partial charge on any atom is -0.364 e. The molecule has 1 heterocycles. The Kier molecular flexibility index (Phi) is 4.87. The van der Waals surface area contributed by atoms with E-state index in [1.807, 2.05) is 0 Å². The molecule has 0 aromatic heterocycles. The third-order valence-electron chi connectivity index (χ3n) is 6.66. The molecular formula is C19H29BrO2. The molecule has 1 N–H and O–H groups in total. The molecular weight excluding hydrogens is 340 g/mol. The van der Waals surface area contributed by atoms with E-state index in [0.29, 0.717) is 11.3 Å². The highest BCUT2D eigenvalue weighted by molar-refractivity contribution is 9.11. The van der Waals surface area contributed by atoms with E-state index in [9.17, 15) is 5.11 Å². The van der Waals surface area contributed by atoms with Crippen molar-refractivity contribution in [1.29, 1.82) is 0 Å². The Morgan fingerprint density at radius 1 is 1.50 bits per heavy atom. The molecule has 0 spiro atoms. The first-order valence-electron chi connectivity index (χ1n) is 8.76. The molecule has 0 amide bonds. The Hall–Kier alpha value is -0.120. The number of aliphatic hydroxyl groups is 1. The lowest BCUT2D eigenvalue weighted by molar-refractivity contribution is -0.0845. The van der Waals surface area contributed by atoms with Gasteiger partial charge in [-0.25, -0.2) is 0 Å². The van der Waals surface area contributed by atoms with E-state index < -0.39 is 6.29 Å². The first-order chi connectivity index (χ1) is 10.5. The van der Waals surface area contributed by atoms with Crippen LogP contribution in [0.5, 0.6) is 0 Å². The number of halogens is 1. The Labute approximate surface area is 143 Å². The van der Waals surface area contributed by atoms with Gasteiger partial charge < -0.3 is 9.84 Å². The SMILES string of the molecule is C=C1C[C@@H](C[C@@H](C)[C@H]2CC[C@H]3/C(=C/Br)CCC[C@]23C)OC1O. The maximum absolute atomic E-state index is 9.72. The molecule has 1 aliphatic heterocycles. The number of aliphatic hydroxyl groups excluding tert-OH is 1. The van der Waals surface area contributed by atoms with E-state index in [4.69, 9.17) is 4.74 Å². The molecule has 3 fully saturated rings. The van der Waals surface area contributed by atoms with Gasteiger partial charge in [-0.3, -0.25) is 0 Å². The normalized spacial score (nSPS) is 45.3. The van der Waals surface area contributed by atoms with E-state index in [2.05, 4.69) is 41.3 Å². The van der Waals surface area contributed by atoms with Crippen molar-refractivity contribution in [2.45, 2.75) is 71.2 Å². The van der Waals surface area contributed by atoms with Crippen LogP contribution >= 0.6 is 15.9 Å². The van der Waals surface area contributed by atoms with Gasteiger partial charge >= 0.3 is 0 Å². The maximum atomic E-state index is 9.72. The Morgan fingerprint density at radius 3 is 2.91 bits per heavy atom. The molecule has 2 nitrogen and oxygen atoms in total. The molecule has 0 aromatic carbocycles. The number of hydrogen-bond acceptors (Lipinski definition) is 2. The molecule has 3 aliphatic rings. The molecule has 3 rings (SSSR count). The predicted molar refractivity (Wildman–Crippen MR) is 93.6 cm³/mol. The Bertz CT molecular complexity index is 472. The summed E-state index contributed by atoms with van der Waals surface area (Å²) in [5.74, 6) is 2.18. The van der Waals surface area contributed by atoms with Crippen molar-refractivity contribution < 1.29 is 9.84 Å². The Morgan fingerprint density at radius 2 is 2.27 bits per heavy atom. The molecule has 0 aromatic rings. The standard InChI is InChI=1S/C19H29BrO2/c1-12(9-15-10-13(2)18(21)22-15)16-6-7-17-14(11-20)5-4-8-19(16,17)3/h11-12,15-18,21H,2,4-10H2,1,3H3/b14-11+/t12-,15-,16-,17+,18?,19-/m1/s1. The highest BCUT2D eigenvalue weighted by Crippen LogP contribution is 2.60. The van der Waals surface area contributed by atoms with E-state index in [1.54, 1.807) is 5.57 Å². The average molecular weight is 369 g/mol. The highest BCUT2D eigenvalue weighted by Gasteiger charge is 2.51. The molecule has 0 bridgehead atoms. The smallest absolute Gasteiger partial charge is 0.177 e. The monoisotopic (exact) mass is 368 g/mol. The molecule has 2 aliphatic carbocycles. The van der Waals surface area contributed by atoms with Crippen LogP contribution in [-0.4, -0.2) is 17.5 Å². The first-order valence-corrected chi connectivity index (χ1v) is 9.67. The number of rotatable bonds is 3. The van der Waals surface area contributed by atoms with Gasteiger partial charge in [0, 0.05) is 0 Å². The molecule has 1 unspecified atom stereocenters. The zero-order valence-corrected chi connectivity index (χ0v) is 15.4. The van der Waals surface area contributed by atoms with Gasteiger partial charge in [0.2, 0.25) is 0 Å². The fourth-order valence-electron chi connectivity index (χ4n) is 5.58. The van der Waals surface area contributed by atoms with Crippen LogP contribution in [0.4, 0.5) is 0 Å². The Balaban J connectivity index is 1.68. The molecule has 3 heteroatoms. The van der Waals surface area contributed by atoms with Crippen molar-refractivity contribution >= 4 is 15.9 Å². The van der Waals surface area contributed by atoms with Crippen LogP contribution in [0.25, 0.3) is 0 Å². The van der Waals surface area contributed by atoms with Gasteiger partial charge in [-0.05, 0) is 78.7 Å². The molecule has 0 radical (unpaired) electrons. The number of hydrogen-bond donors (Lipinski definition) is 1. The second-order valence-corrected chi connectivity index (χ2v) is 8.42. The summed E-state index contributed by atoms with van der Waals surface area (Å²) < 4.78 is 5.65. The van der Waals surface area contributed by atoms with Gasteiger partial charge in [0.1, 0.15) is 0 Å². The van der Waals surface area contributed by atoms with Gasteiger partial charge in [-0.2, -0.15) is 0 Å². The fraction of sp³-hybridized carbons (Fsp3) is 0.789. The lowest BCUT2D eigenvalue weighted by Crippen LogP contribution is -2.36. The summed E-state index contributed by atoms with van der Waals surface area (Å²) in [6.45, 7) is 8.81. The van der Waals surface area contributed by atoms with Crippen molar-refractivity contribution in [2.75, 3.05) is 0 Å². The lowest BCUT2D eigenvalue weighted by atomic mass is 9.61. The number of allylic oxidation sites excluding steroid dienone is 1.